The van der Waals surface area contributed by atoms with E-state index < -0.39 is 0 Å². The third kappa shape index (κ3) is 6.34. The number of pyridine rings is 6. The number of rotatable bonds is 6. The van der Waals surface area contributed by atoms with Crippen LogP contribution in [0.4, 0.5) is 0 Å². The Hall–Kier alpha value is -9.00. The van der Waals surface area contributed by atoms with Crippen LogP contribution in [0.2, 0.25) is 0 Å². The van der Waals surface area contributed by atoms with Gasteiger partial charge in [-0.2, -0.15) is 0 Å². The summed E-state index contributed by atoms with van der Waals surface area (Å²) in [6, 6.07) is 75.4. The number of fused-ring (bicyclic) bond motifs is 6. The summed E-state index contributed by atoms with van der Waals surface area (Å²) in [5, 5.41) is 6.26. The molecule has 0 amide bonds. The first kappa shape index (κ1) is 37.5. The molecule has 6 heteroatoms. The van der Waals surface area contributed by atoms with Crippen molar-refractivity contribution in [3.8, 4) is 67.5 Å². The van der Waals surface area contributed by atoms with Crippen molar-refractivity contribution in [2.75, 3.05) is 0 Å². The predicted molar refractivity (Wildman–Crippen MR) is 271 cm³/mol. The zero-order valence-corrected chi connectivity index (χ0v) is 35.5. The molecule has 6 nitrogen and oxygen atoms in total. The van der Waals surface area contributed by atoms with Crippen LogP contribution < -0.4 is 0 Å². The van der Waals surface area contributed by atoms with Gasteiger partial charge in [-0.05, 0) is 72.8 Å². The van der Waals surface area contributed by atoms with Crippen LogP contribution in [0, 0.1) is 0 Å². The number of aromatic nitrogens is 6. The molecule has 6 aromatic heterocycles. The van der Waals surface area contributed by atoms with Gasteiger partial charge in [0.1, 0.15) is 0 Å². The normalized spacial score (nSPS) is 11.6. The highest BCUT2D eigenvalue weighted by Crippen LogP contribution is 2.55. The average molecular weight is 841 g/mol. The van der Waals surface area contributed by atoms with Gasteiger partial charge in [-0.3, -0.25) is 0 Å². The van der Waals surface area contributed by atoms with Crippen LogP contribution in [0.3, 0.4) is 0 Å². The summed E-state index contributed by atoms with van der Waals surface area (Å²) in [4.78, 5) is 33.3. The molecule has 0 bridgehead atoms. The molecular formula is C60H36N6. The number of hydrogen-bond donors (Lipinski definition) is 0. The molecule has 0 aliphatic carbocycles. The van der Waals surface area contributed by atoms with Gasteiger partial charge in [0.25, 0.3) is 0 Å². The monoisotopic (exact) mass is 840 g/mol. The minimum Gasteiger partial charge on any atom is -0.248 e. The molecule has 0 N–H and O–H groups in total. The quantitative estimate of drug-likeness (QED) is 0.166. The Labute approximate surface area is 379 Å². The van der Waals surface area contributed by atoms with Crippen molar-refractivity contribution < 1.29 is 0 Å². The van der Waals surface area contributed by atoms with Gasteiger partial charge in [0.2, 0.25) is 0 Å². The van der Waals surface area contributed by atoms with Crippen LogP contribution in [0.5, 0.6) is 0 Å². The van der Waals surface area contributed by atoms with Crippen molar-refractivity contribution in [2.24, 2.45) is 0 Å². The van der Waals surface area contributed by atoms with Crippen molar-refractivity contribution in [3.05, 3.63) is 218 Å². The highest BCUT2D eigenvalue weighted by Gasteiger charge is 2.33. The SMILES string of the molecule is c1ccc2nc(-c3c(-c4ccc5ccccc5n4)c(-c4ccc5ccccc5n4)c(-c4ccc5ccccc5n4)c(-c4ccc5ccccc5n4)c3-c3ccc4ccccc4n3)ccc2c1. The van der Waals surface area contributed by atoms with Crippen LogP contribution in [0.15, 0.2) is 218 Å². The van der Waals surface area contributed by atoms with Crippen LogP contribution in [-0.2, 0) is 0 Å². The highest BCUT2D eigenvalue weighted by atomic mass is 14.8. The lowest BCUT2D eigenvalue weighted by Crippen LogP contribution is -2.06. The molecule has 6 heterocycles. The third-order valence-corrected chi connectivity index (χ3v) is 12.6. The Morgan fingerprint density at radius 3 is 0.470 bits per heavy atom. The standard InChI is InChI=1S/C60H36N6/c1-7-19-43-37(13-1)25-31-49(61-43)55-56(50-32-26-38-14-2-8-20-44(38)62-50)58(52-34-28-40-16-4-10-22-46(40)64-52)60(54-36-30-42-18-6-12-24-48(42)66-54)59(53-35-29-41-17-5-11-23-47(41)65-53)57(55)51-33-27-39-15-3-9-21-45(39)63-51/h1-36H. The van der Waals surface area contributed by atoms with Crippen LogP contribution in [0.25, 0.3) is 133 Å². The van der Waals surface area contributed by atoms with E-state index in [1.54, 1.807) is 0 Å². The van der Waals surface area contributed by atoms with E-state index >= 15 is 0 Å². The fraction of sp³-hybridized carbons (Fsp3) is 0. The average Bonchev–Trinajstić information content (AvgIpc) is 3.39. The molecule has 7 aromatic carbocycles. The van der Waals surface area contributed by atoms with Crippen molar-refractivity contribution in [3.63, 3.8) is 0 Å². The molecule has 0 fully saturated rings. The summed E-state index contributed by atoms with van der Waals surface area (Å²) in [7, 11) is 0. The van der Waals surface area contributed by atoms with Crippen molar-refractivity contribution in [1.29, 1.82) is 0 Å². The number of benzene rings is 7. The molecule has 0 aliphatic rings. The van der Waals surface area contributed by atoms with Gasteiger partial charge in [0.05, 0.1) is 67.3 Å². The molecule has 0 atom stereocenters. The van der Waals surface area contributed by atoms with E-state index in [1.807, 2.05) is 36.4 Å². The van der Waals surface area contributed by atoms with E-state index in [1.165, 1.54) is 0 Å². The summed E-state index contributed by atoms with van der Waals surface area (Å²) in [5.41, 5.74) is 15.1. The third-order valence-electron chi connectivity index (χ3n) is 12.6. The molecule has 0 radical (unpaired) electrons. The summed E-state index contributed by atoms with van der Waals surface area (Å²) >= 11 is 0. The second-order valence-electron chi connectivity index (χ2n) is 16.6. The fourth-order valence-corrected chi connectivity index (χ4v) is 9.52. The summed E-state index contributed by atoms with van der Waals surface area (Å²) in [5.74, 6) is 0. The first-order chi connectivity index (χ1) is 32.7. The first-order valence-corrected chi connectivity index (χ1v) is 22.1. The Morgan fingerprint density at radius 2 is 0.303 bits per heavy atom. The minimum absolute atomic E-state index is 0.769. The van der Waals surface area contributed by atoms with Gasteiger partial charge in [-0.15, -0.1) is 0 Å². The minimum atomic E-state index is 0.769. The molecule has 13 aromatic rings. The van der Waals surface area contributed by atoms with E-state index in [9.17, 15) is 0 Å². The molecule has 0 aliphatic heterocycles. The lowest BCUT2D eigenvalue weighted by Gasteiger charge is -2.27. The first-order valence-electron chi connectivity index (χ1n) is 22.1. The van der Waals surface area contributed by atoms with E-state index in [0.717, 1.165) is 133 Å². The fourth-order valence-electron chi connectivity index (χ4n) is 9.52. The Balaban J connectivity index is 1.32. The zero-order chi connectivity index (χ0) is 43.6. The van der Waals surface area contributed by atoms with E-state index in [-0.39, 0.29) is 0 Å². The zero-order valence-electron chi connectivity index (χ0n) is 35.5. The maximum Gasteiger partial charge on any atom is 0.0723 e. The predicted octanol–water partition coefficient (Wildman–Crippen LogP) is 15.0. The van der Waals surface area contributed by atoms with E-state index in [4.69, 9.17) is 29.9 Å². The summed E-state index contributed by atoms with van der Waals surface area (Å²) in [6.07, 6.45) is 0. The molecule has 13 rings (SSSR count). The molecule has 0 unspecified atom stereocenters. The maximum absolute atomic E-state index is 5.54. The highest BCUT2D eigenvalue weighted by molar-refractivity contribution is 6.14. The number of para-hydroxylation sites is 6. The Bertz CT molecular complexity index is 3380. The smallest absolute Gasteiger partial charge is 0.0723 e. The lowest BCUT2D eigenvalue weighted by atomic mass is 9.78. The Kier molecular flexibility index (Phi) is 8.74. The molecular weight excluding hydrogens is 805 g/mol. The van der Waals surface area contributed by atoms with Crippen molar-refractivity contribution >= 4 is 65.4 Å². The summed E-state index contributed by atoms with van der Waals surface area (Å²) < 4.78 is 0. The molecule has 66 heavy (non-hydrogen) atoms. The van der Waals surface area contributed by atoms with Crippen molar-refractivity contribution in [2.45, 2.75) is 0 Å². The van der Waals surface area contributed by atoms with Gasteiger partial charge in [0, 0.05) is 65.7 Å². The molecule has 0 spiro atoms. The van der Waals surface area contributed by atoms with Gasteiger partial charge in [0.15, 0.2) is 0 Å². The second kappa shape index (κ2) is 15.4. The van der Waals surface area contributed by atoms with E-state index in [2.05, 4.69) is 182 Å². The molecule has 306 valence electrons. The second-order valence-corrected chi connectivity index (χ2v) is 16.6. The largest absolute Gasteiger partial charge is 0.248 e. The van der Waals surface area contributed by atoms with Gasteiger partial charge < -0.3 is 0 Å². The van der Waals surface area contributed by atoms with Gasteiger partial charge >= 0.3 is 0 Å². The molecule has 0 saturated carbocycles. The van der Waals surface area contributed by atoms with Gasteiger partial charge in [-0.25, -0.2) is 29.9 Å². The number of nitrogens with zero attached hydrogens (tertiary/aromatic N) is 6. The summed E-state index contributed by atoms with van der Waals surface area (Å²) in [6.45, 7) is 0. The van der Waals surface area contributed by atoms with E-state index in [0.29, 0.717) is 0 Å². The van der Waals surface area contributed by atoms with Crippen molar-refractivity contribution in [1.82, 2.24) is 29.9 Å². The lowest BCUT2D eigenvalue weighted by molar-refractivity contribution is 1.31. The van der Waals surface area contributed by atoms with Crippen LogP contribution >= 0.6 is 0 Å². The van der Waals surface area contributed by atoms with Crippen LogP contribution in [0.1, 0.15) is 0 Å². The van der Waals surface area contributed by atoms with Crippen LogP contribution in [-0.4, -0.2) is 29.9 Å². The Morgan fingerprint density at radius 1 is 0.152 bits per heavy atom. The van der Waals surface area contributed by atoms with Gasteiger partial charge in [-0.1, -0.05) is 146 Å². The maximum atomic E-state index is 5.54. The molecule has 0 saturated heterocycles. The topological polar surface area (TPSA) is 77.3 Å². The number of hydrogen-bond acceptors (Lipinski definition) is 6.